The van der Waals surface area contributed by atoms with Crippen molar-refractivity contribution >= 4 is 42.3 Å². The summed E-state index contributed by atoms with van der Waals surface area (Å²) in [6.07, 6.45) is 0.199. The number of aliphatic carboxylic acids is 2. The van der Waals surface area contributed by atoms with Gasteiger partial charge in [0, 0.05) is 18.7 Å². The molecule has 0 aromatic carbocycles. The zero-order valence-corrected chi connectivity index (χ0v) is 15.5. The number of nitrogens with two attached hydrogens (primary N) is 1. The molecule has 0 spiro atoms. The summed E-state index contributed by atoms with van der Waals surface area (Å²) >= 11 is 3.89. The minimum atomic E-state index is -1.36. The largest absolute Gasteiger partial charge is 0.481 e. The van der Waals surface area contributed by atoms with Crippen molar-refractivity contribution in [1.82, 2.24) is 15.5 Å². The van der Waals surface area contributed by atoms with E-state index in [4.69, 9.17) is 15.9 Å². The summed E-state index contributed by atoms with van der Waals surface area (Å²) in [5.74, 6) is -4.13. The highest BCUT2D eigenvalue weighted by Crippen LogP contribution is 2.18. The molecular formula is C15H24N4O7S. The van der Waals surface area contributed by atoms with Crippen LogP contribution in [0.1, 0.15) is 25.7 Å². The lowest BCUT2D eigenvalue weighted by molar-refractivity contribution is -0.144. The van der Waals surface area contributed by atoms with Crippen molar-refractivity contribution in [3.8, 4) is 0 Å². The monoisotopic (exact) mass is 404 g/mol. The number of hydrogen-bond acceptors (Lipinski definition) is 7. The van der Waals surface area contributed by atoms with E-state index in [1.807, 2.05) is 0 Å². The maximum atomic E-state index is 12.4. The van der Waals surface area contributed by atoms with E-state index in [1.54, 1.807) is 0 Å². The first-order valence-electron chi connectivity index (χ1n) is 8.36. The summed E-state index contributed by atoms with van der Waals surface area (Å²) in [7, 11) is 0. The molecule has 1 saturated heterocycles. The second-order valence-electron chi connectivity index (χ2n) is 6.08. The average molecular weight is 404 g/mol. The Kier molecular flexibility index (Phi) is 9.02. The van der Waals surface area contributed by atoms with E-state index in [9.17, 15) is 24.0 Å². The number of likely N-dealkylation sites (tertiary alicyclic amines) is 1. The number of hydrogen-bond donors (Lipinski definition) is 6. The van der Waals surface area contributed by atoms with E-state index in [0.717, 1.165) is 0 Å². The lowest BCUT2D eigenvalue weighted by Gasteiger charge is -2.25. The molecule has 1 fully saturated rings. The van der Waals surface area contributed by atoms with Gasteiger partial charge in [-0.15, -0.1) is 0 Å². The van der Waals surface area contributed by atoms with E-state index in [-0.39, 0.29) is 25.3 Å². The Morgan fingerprint density at radius 1 is 1.22 bits per heavy atom. The Hall–Kier alpha value is -2.34. The molecule has 0 radical (unpaired) electrons. The van der Waals surface area contributed by atoms with Crippen LogP contribution in [0.2, 0.25) is 0 Å². The fourth-order valence-corrected chi connectivity index (χ4v) is 2.78. The average Bonchev–Trinajstić information content (AvgIpc) is 3.11. The highest BCUT2D eigenvalue weighted by molar-refractivity contribution is 7.80. The normalized spacial score (nSPS) is 18.4. The molecule has 1 heterocycles. The number of thiol groups is 1. The van der Waals surface area contributed by atoms with Crippen molar-refractivity contribution < 1.29 is 34.2 Å². The quantitative estimate of drug-likeness (QED) is 0.222. The number of rotatable bonds is 10. The van der Waals surface area contributed by atoms with E-state index in [1.165, 1.54) is 4.90 Å². The molecule has 0 aromatic heterocycles. The van der Waals surface area contributed by atoms with Crippen LogP contribution < -0.4 is 16.4 Å². The molecule has 1 aliphatic heterocycles. The fourth-order valence-electron chi connectivity index (χ4n) is 2.61. The maximum absolute atomic E-state index is 12.4. The van der Waals surface area contributed by atoms with Gasteiger partial charge in [-0.3, -0.25) is 19.2 Å². The molecule has 3 atom stereocenters. The highest BCUT2D eigenvalue weighted by atomic mass is 32.1. The Bertz CT molecular complexity index is 601. The minimum absolute atomic E-state index is 0.113. The van der Waals surface area contributed by atoms with E-state index in [0.29, 0.717) is 12.8 Å². The van der Waals surface area contributed by atoms with Crippen molar-refractivity contribution in [2.75, 3.05) is 18.8 Å². The third-order valence-electron chi connectivity index (χ3n) is 4.08. The second-order valence-corrected chi connectivity index (χ2v) is 6.45. The smallest absolute Gasteiger partial charge is 0.326 e. The lowest BCUT2D eigenvalue weighted by Crippen LogP contribution is -2.53. The molecule has 11 nitrogen and oxygen atoms in total. The van der Waals surface area contributed by atoms with Gasteiger partial charge in [-0.1, -0.05) is 0 Å². The molecule has 0 unspecified atom stereocenters. The summed E-state index contributed by atoms with van der Waals surface area (Å²) in [5, 5.41) is 22.4. The number of nitrogens with zero attached hydrogens (tertiary/aromatic N) is 1. The number of nitrogens with one attached hydrogen (secondary N) is 2. The van der Waals surface area contributed by atoms with E-state index in [2.05, 4.69) is 23.3 Å². The van der Waals surface area contributed by atoms with Crippen molar-refractivity contribution in [3.63, 3.8) is 0 Å². The van der Waals surface area contributed by atoms with Crippen LogP contribution in [0.25, 0.3) is 0 Å². The maximum Gasteiger partial charge on any atom is 0.326 e. The molecule has 27 heavy (non-hydrogen) atoms. The van der Waals surface area contributed by atoms with Crippen molar-refractivity contribution in [3.05, 3.63) is 0 Å². The Balaban J connectivity index is 2.64. The van der Waals surface area contributed by atoms with Crippen LogP contribution >= 0.6 is 12.6 Å². The fraction of sp³-hybridized carbons (Fsp3) is 0.667. The van der Waals surface area contributed by atoms with E-state index < -0.39 is 54.2 Å². The molecule has 3 amide bonds. The number of carboxylic acids is 2. The standard InChI is InChI=1S/C15H24N4O7S/c16-8(7-27)13(23)17-6-11(20)19-5-1-2-10(19)14(24)18-9(15(25)26)3-4-12(21)22/h8-10,27H,1-7,16H2,(H,17,23)(H,18,24)(H,21,22)(H,25,26)/t8-,9-,10-/m0/s1. The molecule has 0 aromatic rings. The van der Waals surface area contributed by atoms with Gasteiger partial charge in [-0.2, -0.15) is 12.6 Å². The van der Waals surface area contributed by atoms with Crippen LogP contribution in [0.5, 0.6) is 0 Å². The molecular weight excluding hydrogens is 380 g/mol. The number of amides is 3. The number of carboxylic acid groups (broad SMARTS) is 2. The third-order valence-corrected chi connectivity index (χ3v) is 4.48. The van der Waals surface area contributed by atoms with Crippen LogP contribution in [0.3, 0.4) is 0 Å². The van der Waals surface area contributed by atoms with Gasteiger partial charge in [0.25, 0.3) is 0 Å². The summed E-state index contributed by atoms with van der Waals surface area (Å²) in [4.78, 5) is 59.3. The lowest BCUT2D eigenvalue weighted by atomic mass is 10.1. The van der Waals surface area contributed by atoms with Gasteiger partial charge in [0.15, 0.2) is 0 Å². The van der Waals surface area contributed by atoms with Crippen molar-refractivity contribution in [1.29, 1.82) is 0 Å². The molecule has 6 N–H and O–H groups in total. The first kappa shape index (κ1) is 22.7. The highest BCUT2D eigenvalue weighted by Gasteiger charge is 2.35. The molecule has 0 saturated carbocycles. The second kappa shape index (κ2) is 10.7. The number of carbonyl (C=O) groups is 5. The van der Waals surface area contributed by atoms with Gasteiger partial charge >= 0.3 is 11.9 Å². The van der Waals surface area contributed by atoms with Gasteiger partial charge in [-0.25, -0.2) is 4.79 Å². The van der Waals surface area contributed by atoms with Crippen LogP contribution in [-0.2, 0) is 24.0 Å². The molecule has 1 aliphatic rings. The molecule has 152 valence electrons. The summed E-state index contributed by atoms with van der Waals surface area (Å²) in [5.41, 5.74) is 5.49. The van der Waals surface area contributed by atoms with Crippen LogP contribution in [0.4, 0.5) is 0 Å². The van der Waals surface area contributed by atoms with Gasteiger partial charge < -0.3 is 31.5 Å². The Morgan fingerprint density at radius 2 is 1.89 bits per heavy atom. The Morgan fingerprint density at radius 3 is 2.44 bits per heavy atom. The first-order chi connectivity index (χ1) is 12.7. The van der Waals surface area contributed by atoms with Gasteiger partial charge in [-0.05, 0) is 19.3 Å². The van der Waals surface area contributed by atoms with Crippen molar-refractivity contribution in [2.24, 2.45) is 5.73 Å². The Labute approximate surface area is 161 Å². The van der Waals surface area contributed by atoms with Crippen molar-refractivity contribution in [2.45, 2.75) is 43.8 Å². The summed E-state index contributed by atoms with van der Waals surface area (Å²) in [6.45, 7) is -0.0518. The van der Waals surface area contributed by atoms with Crippen LogP contribution in [0, 0.1) is 0 Å². The summed E-state index contributed by atoms with van der Waals surface area (Å²) in [6, 6.07) is -3.09. The van der Waals surface area contributed by atoms with Crippen LogP contribution in [-0.4, -0.2) is 81.7 Å². The van der Waals surface area contributed by atoms with E-state index >= 15 is 0 Å². The number of carbonyl (C=O) groups excluding carboxylic acids is 3. The van der Waals surface area contributed by atoms with Gasteiger partial charge in [0.05, 0.1) is 12.6 Å². The molecule has 1 rings (SSSR count). The third kappa shape index (κ3) is 7.06. The van der Waals surface area contributed by atoms with Crippen LogP contribution in [0.15, 0.2) is 0 Å². The molecule has 12 heteroatoms. The van der Waals surface area contributed by atoms with Gasteiger partial charge in [0.2, 0.25) is 17.7 Å². The SMILES string of the molecule is N[C@@H](CS)C(=O)NCC(=O)N1CCC[C@H]1C(=O)N[C@@H](CCC(=O)O)C(=O)O. The summed E-state index contributed by atoms with van der Waals surface area (Å²) < 4.78 is 0. The first-order valence-corrected chi connectivity index (χ1v) is 8.99. The topological polar surface area (TPSA) is 179 Å². The zero-order valence-electron chi connectivity index (χ0n) is 14.6. The van der Waals surface area contributed by atoms with Gasteiger partial charge in [0.1, 0.15) is 12.1 Å². The minimum Gasteiger partial charge on any atom is -0.481 e. The molecule has 0 bridgehead atoms. The predicted molar refractivity (Wildman–Crippen MR) is 96.0 cm³/mol. The zero-order chi connectivity index (χ0) is 20.6. The molecule has 0 aliphatic carbocycles. The predicted octanol–water partition coefficient (Wildman–Crippen LogP) is -2.22.